The van der Waals surface area contributed by atoms with Crippen molar-refractivity contribution in [1.29, 1.82) is 0 Å². The first kappa shape index (κ1) is 20.0. The van der Waals surface area contributed by atoms with Gasteiger partial charge in [0, 0.05) is 32.5 Å². The summed E-state index contributed by atoms with van der Waals surface area (Å²) in [4.78, 5) is 35.3. The predicted molar refractivity (Wildman–Crippen MR) is 93.4 cm³/mol. The molecule has 0 saturated heterocycles. The molecule has 1 rings (SSSR count). The summed E-state index contributed by atoms with van der Waals surface area (Å²) in [6.45, 7) is 7.56. The van der Waals surface area contributed by atoms with Gasteiger partial charge < -0.3 is 9.64 Å². The second-order valence-corrected chi connectivity index (χ2v) is 6.18. The van der Waals surface area contributed by atoms with Crippen molar-refractivity contribution in [2.45, 2.75) is 27.2 Å². The third-order valence-corrected chi connectivity index (χ3v) is 3.64. The van der Waals surface area contributed by atoms with E-state index >= 15 is 0 Å². The third kappa shape index (κ3) is 7.04. The lowest BCUT2D eigenvalue weighted by Crippen LogP contribution is -2.35. The van der Waals surface area contributed by atoms with Gasteiger partial charge in [-0.1, -0.05) is 20.8 Å². The zero-order valence-corrected chi connectivity index (χ0v) is 15.3. The lowest BCUT2D eigenvalue weighted by atomic mass is 10.1. The van der Waals surface area contributed by atoms with Crippen LogP contribution >= 0.6 is 0 Å². The fourth-order valence-electron chi connectivity index (χ4n) is 1.80. The molecule has 0 aliphatic carbocycles. The highest BCUT2D eigenvalue weighted by molar-refractivity contribution is 5.82. The molecule has 0 N–H and O–H groups in total. The summed E-state index contributed by atoms with van der Waals surface area (Å²) in [7, 11) is 3.82. The normalized spacial score (nSPS) is 11.0. The maximum Gasteiger partial charge on any atom is 0.225 e. The first-order valence-corrected chi connectivity index (χ1v) is 8.22. The van der Waals surface area contributed by atoms with Gasteiger partial charge in [0.05, 0.1) is 18.9 Å². The molecule has 0 amide bonds. The standard InChI is InChI=1S/C17H28N4O3/c1-6-14(22)12-24-15-9-18-17(19-10-15)21(5)8-7-20(4)11-16(23)13(2)3/h9-10,13H,6-8,11-12H2,1-5H3. The predicted octanol–water partition coefficient (Wildman–Crippen LogP) is 1.43. The van der Waals surface area contributed by atoms with Crippen LogP contribution in [-0.2, 0) is 9.59 Å². The Morgan fingerprint density at radius 2 is 1.79 bits per heavy atom. The molecule has 1 aromatic rings. The molecule has 7 heteroatoms. The average Bonchev–Trinajstić information content (AvgIpc) is 2.57. The summed E-state index contributed by atoms with van der Waals surface area (Å²) in [6, 6.07) is 0. The van der Waals surface area contributed by atoms with Gasteiger partial charge in [0.1, 0.15) is 12.4 Å². The number of ketones is 2. The number of carbonyl (C=O) groups is 2. The number of Topliss-reactive ketones (excluding diaryl/α,β-unsaturated/α-hetero) is 2. The van der Waals surface area contributed by atoms with Gasteiger partial charge in [0.2, 0.25) is 5.95 Å². The molecule has 0 unspecified atom stereocenters. The maximum atomic E-state index is 11.7. The number of hydrogen-bond acceptors (Lipinski definition) is 7. The van der Waals surface area contributed by atoms with E-state index in [4.69, 9.17) is 4.74 Å². The van der Waals surface area contributed by atoms with E-state index in [1.54, 1.807) is 19.3 Å². The van der Waals surface area contributed by atoms with E-state index in [-0.39, 0.29) is 24.1 Å². The summed E-state index contributed by atoms with van der Waals surface area (Å²) < 4.78 is 5.32. The second-order valence-electron chi connectivity index (χ2n) is 6.18. The van der Waals surface area contributed by atoms with Gasteiger partial charge in [0.25, 0.3) is 0 Å². The molecule has 24 heavy (non-hydrogen) atoms. The minimum absolute atomic E-state index is 0.0372. The summed E-state index contributed by atoms with van der Waals surface area (Å²) in [5.74, 6) is 1.39. The van der Waals surface area contributed by atoms with Gasteiger partial charge in [-0.2, -0.15) is 0 Å². The molecular formula is C17H28N4O3. The number of likely N-dealkylation sites (N-methyl/N-ethyl adjacent to an activating group) is 2. The van der Waals surface area contributed by atoms with Crippen molar-refractivity contribution < 1.29 is 14.3 Å². The van der Waals surface area contributed by atoms with Gasteiger partial charge in [-0.25, -0.2) is 9.97 Å². The van der Waals surface area contributed by atoms with Crippen molar-refractivity contribution in [1.82, 2.24) is 14.9 Å². The fraction of sp³-hybridized carbons (Fsp3) is 0.647. The van der Waals surface area contributed by atoms with Gasteiger partial charge in [0.15, 0.2) is 11.5 Å². The maximum absolute atomic E-state index is 11.7. The van der Waals surface area contributed by atoms with Crippen LogP contribution in [0.3, 0.4) is 0 Å². The molecule has 0 aliphatic rings. The number of nitrogens with zero attached hydrogens (tertiary/aromatic N) is 4. The molecule has 1 aromatic heterocycles. The van der Waals surface area contributed by atoms with Crippen molar-refractivity contribution in [2.75, 3.05) is 45.2 Å². The Morgan fingerprint density at radius 1 is 1.17 bits per heavy atom. The number of carbonyl (C=O) groups excluding carboxylic acids is 2. The van der Waals surface area contributed by atoms with Crippen LogP contribution in [0.15, 0.2) is 12.4 Å². The lowest BCUT2D eigenvalue weighted by molar-refractivity contribution is -0.123. The minimum Gasteiger partial charge on any atom is -0.483 e. The highest BCUT2D eigenvalue weighted by Gasteiger charge is 2.12. The summed E-state index contributed by atoms with van der Waals surface area (Å²) in [5, 5.41) is 0. The van der Waals surface area contributed by atoms with Gasteiger partial charge >= 0.3 is 0 Å². The highest BCUT2D eigenvalue weighted by atomic mass is 16.5. The summed E-state index contributed by atoms with van der Waals surface area (Å²) in [5.41, 5.74) is 0. The fourth-order valence-corrected chi connectivity index (χ4v) is 1.80. The molecule has 0 aliphatic heterocycles. The molecule has 0 bridgehead atoms. The number of rotatable bonds is 11. The Hall–Kier alpha value is -2.02. The zero-order valence-electron chi connectivity index (χ0n) is 15.3. The van der Waals surface area contributed by atoms with Gasteiger partial charge in [-0.3, -0.25) is 14.5 Å². The average molecular weight is 336 g/mol. The topological polar surface area (TPSA) is 75.6 Å². The van der Waals surface area contributed by atoms with E-state index in [0.717, 1.165) is 6.54 Å². The van der Waals surface area contributed by atoms with Crippen LogP contribution in [0.5, 0.6) is 5.75 Å². The monoisotopic (exact) mass is 336 g/mol. The van der Waals surface area contributed by atoms with E-state index in [1.165, 1.54) is 0 Å². The van der Waals surface area contributed by atoms with Crippen LogP contribution in [0.2, 0.25) is 0 Å². The van der Waals surface area contributed by atoms with Crippen LogP contribution in [0, 0.1) is 5.92 Å². The van der Waals surface area contributed by atoms with Crippen LogP contribution in [0.4, 0.5) is 5.95 Å². The van der Waals surface area contributed by atoms with Crippen molar-refractivity contribution >= 4 is 17.5 Å². The molecular weight excluding hydrogens is 308 g/mol. The number of ether oxygens (including phenoxy) is 1. The Morgan fingerprint density at radius 3 is 2.33 bits per heavy atom. The molecule has 7 nitrogen and oxygen atoms in total. The Balaban J connectivity index is 2.43. The second kappa shape index (κ2) is 9.97. The van der Waals surface area contributed by atoms with E-state index in [1.807, 2.05) is 37.7 Å². The molecule has 0 fully saturated rings. The van der Waals surface area contributed by atoms with E-state index in [9.17, 15) is 9.59 Å². The number of hydrogen-bond donors (Lipinski definition) is 0. The molecule has 0 aromatic carbocycles. The zero-order chi connectivity index (χ0) is 18.1. The molecule has 1 heterocycles. The van der Waals surface area contributed by atoms with E-state index < -0.39 is 0 Å². The quantitative estimate of drug-likeness (QED) is 0.605. The van der Waals surface area contributed by atoms with Gasteiger partial charge in [-0.15, -0.1) is 0 Å². The van der Waals surface area contributed by atoms with Crippen LogP contribution in [0.1, 0.15) is 27.2 Å². The molecule has 0 saturated carbocycles. The van der Waals surface area contributed by atoms with Crippen LogP contribution in [-0.4, -0.2) is 66.8 Å². The lowest BCUT2D eigenvalue weighted by Gasteiger charge is -2.22. The van der Waals surface area contributed by atoms with Crippen molar-refractivity contribution in [3.63, 3.8) is 0 Å². The summed E-state index contributed by atoms with van der Waals surface area (Å²) in [6.07, 6.45) is 3.58. The minimum atomic E-state index is 0.0372. The van der Waals surface area contributed by atoms with Crippen molar-refractivity contribution in [2.24, 2.45) is 5.92 Å². The number of anilines is 1. The number of aromatic nitrogens is 2. The Labute approximate surface area is 144 Å². The molecule has 0 atom stereocenters. The molecule has 0 spiro atoms. The Bertz CT molecular complexity index is 531. The summed E-state index contributed by atoms with van der Waals surface area (Å²) >= 11 is 0. The van der Waals surface area contributed by atoms with Crippen LogP contribution < -0.4 is 9.64 Å². The third-order valence-electron chi connectivity index (χ3n) is 3.64. The van der Waals surface area contributed by atoms with Crippen LogP contribution in [0.25, 0.3) is 0 Å². The van der Waals surface area contributed by atoms with Crippen molar-refractivity contribution in [3.05, 3.63) is 12.4 Å². The SMILES string of the molecule is CCC(=O)COc1cnc(N(C)CCN(C)CC(=O)C(C)C)nc1. The van der Waals surface area contributed by atoms with E-state index in [0.29, 0.717) is 31.2 Å². The molecule has 0 radical (unpaired) electrons. The van der Waals surface area contributed by atoms with Crippen molar-refractivity contribution in [3.8, 4) is 5.75 Å². The van der Waals surface area contributed by atoms with Gasteiger partial charge in [-0.05, 0) is 7.05 Å². The first-order chi connectivity index (χ1) is 11.3. The smallest absolute Gasteiger partial charge is 0.225 e. The highest BCUT2D eigenvalue weighted by Crippen LogP contribution is 2.11. The Kier molecular flexibility index (Phi) is 8.32. The largest absolute Gasteiger partial charge is 0.483 e. The first-order valence-electron chi connectivity index (χ1n) is 8.22. The van der Waals surface area contributed by atoms with E-state index in [2.05, 4.69) is 9.97 Å². The molecule has 134 valence electrons.